The van der Waals surface area contributed by atoms with E-state index in [1.165, 1.54) is 0 Å². The van der Waals surface area contributed by atoms with Crippen molar-refractivity contribution >= 4 is 6.09 Å². The summed E-state index contributed by atoms with van der Waals surface area (Å²) in [6.45, 7) is 9.55. The van der Waals surface area contributed by atoms with E-state index in [2.05, 4.69) is 22.1 Å². The van der Waals surface area contributed by atoms with Gasteiger partial charge in [-0.3, -0.25) is 9.88 Å². The van der Waals surface area contributed by atoms with Crippen LogP contribution in [0.4, 0.5) is 4.79 Å². The first kappa shape index (κ1) is 15.8. The zero-order valence-corrected chi connectivity index (χ0v) is 13.3. The van der Waals surface area contributed by atoms with Crippen molar-refractivity contribution in [3.05, 3.63) is 30.1 Å². The minimum Gasteiger partial charge on any atom is -0.444 e. The first-order chi connectivity index (χ1) is 9.85. The zero-order chi connectivity index (χ0) is 15.5. The maximum absolute atomic E-state index is 11.8. The SMILES string of the molecule is C[C@H](c1ccccn1)N1CC[C@H](NC(=O)OC(C)(C)C)C1. The normalized spacial score (nSPS) is 21.0. The summed E-state index contributed by atoms with van der Waals surface area (Å²) in [5.74, 6) is 0. The minimum absolute atomic E-state index is 0.144. The maximum Gasteiger partial charge on any atom is 0.407 e. The third kappa shape index (κ3) is 4.70. The van der Waals surface area contributed by atoms with Crippen LogP contribution in [0.2, 0.25) is 0 Å². The highest BCUT2D eigenvalue weighted by atomic mass is 16.6. The Labute approximate surface area is 126 Å². The topological polar surface area (TPSA) is 54.5 Å². The molecule has 0 spiro atoms. The van der Waals surface area contributed by atoms with Crippen LogP contribution in [-0.2, 0) is 4.74 Å². The van der Waals surface area contributed by atoms with E-state index in [-0.39, 0.29) is 18.2 Å². The highest BCUT2D eigenvalue weighted by Gasteiger charge is 2.29. The van der Waals surface area contributed by atoms with Crippen molar-refractivity contribution < 1.29 is 9.53 Å². The fourth-order valence-electron chi connectivity index (χ4n) is 2.54. The fraction of sp³-hybridized carbons (Fsp3) is 0.625. The molecule has 0 bridgehead atoms. The summed E-state index contributed by atoms with van der Waals surface area (Å²) in [4.78, 5) is 18.5. The monoisotopic (exact) mass is 291 g/mol. The zero-order valence-electron chi connectivity index (χ0n) is 13.3. The van der Waals surface area contributed by atoms with E-state index in [1.807, 2.05) is 45.2 Å². The van der Waals surface area contributed by atoms with E-state index in [0.717, 1.165) is 25.2 Å². The largest absolute Gasteiger partial charge is 0.444 e. The standard InChI is InChI=1S/C16H25N3O2/c1-12(14-7-5-6-9-17-14)19-10-8-13(11-19)18-15(20)21-16(2,3)4/h5-7,9,12-13H,8,10-11H2,1-4H3,(H,18,20)/t12-,13+/m1/s1. The number of carbonyl (C=O) groups excluding carboxylic acids is 1. The average molecular weight is 291 g/mol. The number of carbonyl (C=O) groups is 1. The smallest absolute Gasteiger partial charge is 0.407 e. The molecule has 0 unspecified atom stereocenters. The van der Waals surface area contributed by atoms with Crippen LogP contribution in [0, 0.1) is 0 Å². The second-order valence-electron chi connectivity index (χ2n) is 6.56. The Morgan fingerprint density at radius 3 is 2.86 bits per heavy atom. The van der Waals surface area contributed by atoms with E-state index in [0.29, 0.717) is 0 Å². The number of alkyl carbamates (subject to hydrolysis) is 1. The number of likely N-dealkylation sites (tertiary alicyclic amines) is 1. The molecular weight excluding hydrogens is 266 g/mol. The molecule has 1 aliphatic rings. The summed E-state index contributed by atoms with van der Waals surface area (Å²) in [6.07, 6.45) is 2.43. The average Bonchev–Trinajstić information content (AvgIpc) is 2.85. The van der Waals surface area contributed by atoms with E-state index in [9.17, 15) is 4.79 Å². The van der Waals surface area contributed by atoms with Gasteiger partial charge < -0.3 is 10.1 Å². The van der Waals surface area contributed by atoms with Gasteiger partial charge in [-0.05, 0) is 46.2 Å². The Bertz CT molecular complexity index is 470. The van der Waals surface area contributed by atoms with E-state index < -0.39 is 5.60 Å². The third-order valence-electron chi connectivity index (χ3n) is 3.60. The van der Waals surface area contributed by atoms with Crippen molar-refractivity contribution in [3.63, 3.8) is 0 Å². The number of hydrogen-bond acceptors (Lipinski definition) is 4. The molecule has 2 rings (SSSR count). The van der Waals surface area contributed by atoms with Crippen LogP contribution in [0.25, 0.3) is 0 Å². The molecule has 1 aromatic heterocycles. The van der Waals surface area contributed by atoms with Gasteiger partial charge in [0, 0.05) is 31.4 Å². The quantitative estimate of drug-likeness (QED) is 0.930. The number of nitrogens with zero attached hydrogens (tertiary/aromatic N) is 2. The summed E-state index contributed by atoms with van der Waals surface area (Å²) in [7, 11) is 0. The van der Waals surface area contributed by atoms with Crippen LogP contribution in [0.15, 0.2) is 24.4 Å². The van der Waals surface area contributed by atoms with Gasteiger partial charge in [-0.15, -0.1) is 0 Å². The maximum atomic E-state index is 11.8. The van der Waals surface area contributed by atoms with E-state index in [4.69, 9.17) is 4.74 Å². The predicted molar refractivity (Wildman–Crippen MR) is 82.0 cm³/mol. The van der Waals surface area contributed by atoms with Gasteiger partial charge in [-0.1, -0.05) is 6.07 Å². The Morgan fingerprint density at radius 1 is 1.48 bits per heavy atom. The second-order valence-corrected chi connectivity index (χ2v) is 6.56. The molecule has 0 aliphatic carbocycles. The van der Waals surface area contributed by atoms with Crippen molar-refractivity contribution in [2.24, 2.45) is 0 Å². The molecule has 5 nitrogen and oxygen atoms in total. The van der Waals surface area contributed by atoms with Gasteiger partial charge in [-0.2, -0.15) is 0 Å². The first-order valence-electron chi connectivity index (χ1n) is 7.49. The van der Waals surface area contributed by atoms with Crippen molar-refractivity contribution in [3.8, 4) is 0 Å². The third-order valence-corrected chi connectivity index (χ3v) is 3.60. The lowest BCUT2D eigenvalue weighted by Gasteiger charge is -2.24. The predicted octanol–water partition coefficient (Wildman–Crippen LogP) is 2.74. The van der Waals surface area contributed by atoms with Crippen LogP contribution in [0.3, 0.4) is 0 Å². The van der Waals surface area contributed by atoms with Gasteiger partial charge in [0.15, 0.2) is 0 Å². The van der Waals surface area contributed by atoms with Crippen LogP contribution in [0.1, 0.15) is 45.9 Å². The lowest BCUT2D eigenvalue weighted by Crippen LogP contribution is -2.40. The lowest BCUT2D eigenvalue weighted by molar-refractivity contribution is 0.0504. The summed E-state index contributed by atoms with van der Waals surface area (Å²) in [5.41, 5.74) is 0.610. The van der Waals surface area contributed by atoms with Crippen molar-refractivity contribution in [1.82, 2.24) is 15.2 Å². The van der Waals surface area contributed by atoms with Crippen LogP contribution in [0.5, 0.6) is 0 Å². The number of aromatic nitrogens is 1. The molecule has 0 saturated carbocycles. The summed E-state index contributed by atoms with van der Waals surface area (Å²) in [6, 6.07) is 6.38. The van der Waals surface area contributed by atoms with Gasteiger partial charge in [-0.25, -0.2) is 4.79 Å². The molecule has 21 heavy (non-hydrogen) atoms. The summed E-state index contributed by atoms with van der Waals surface area (Å²) in [5, 5.41) is 2.95. The Balaban J connectivity index is 1.85. The van der Waals surface area contributed by atoms with Gasteiger partial charge >= 0.3 is 6.09 Å². The summed E-state index contributed by atoms with van der Waals surface area (Å²) < 4.78 is 5.30. The van der Waals surface area contributed by atoms with Crippen molar-refractivity contribution in [1.29, 1.82) is 0 Å². The molecule has 2 atom stereocenters. The highest BCUT2D eigenvalue weighted by molar-refractivity contribution is 5.68. The molecular formula is C16H25N3O2. The number of nitrogens with one attached hydrogen (secondary N) is 1. The van der Waals surface area contributed by atoms with E-state index >= 15 is 0 Å². The van der Waals surface area contributed by atoms with Gasteiger partial charge in [0.1, 0.15) is 5.60 Å². The Hall–Kier alpha value is -1.62. The molecule has 116 valence electrons. The molecule has 1 aliphatic heterocycles. The summed E-state index contributed by atoms with van der Waals surface area (Å²) >= 11 is 0. The number of pyridine rings is 1. The van der Waals surface area contributed by atoms with Crippen LogP contribution >= 0.6 is 0 Å². The number of ether oxygens (including phenoxy) is 1. The molecule has 1 N–H and O–H groups in total. The van der Waals surface area contributed by atoms with Gasteiger partial charge in [0.25, 0.3) is 0 Å². The molecule has 0 radical (unpaired) electrons. The number of hydrogen-bond donors (Lipinski definition) is 1. The van der Waals surface area contributed by atoms with Gasteiger partial charge in [0.2, 0.25) is 0 Å². The number of amides is 1. The Morgan fingerprint density at radius 2 is 2.24 bits per heavy atom. The van der Waals surface area contributed by atoms with Gasteiger partial charge in [0.05, 0.1) is 5.69 Å². The fourth-order valence-corrected chi connectivity index (χ4v) is 2.54. The molecule has 2 heterocycles. The highest BCUT2D eigenvalue weighted by Crippen LogP contribution is 2.23. The number of rotatable bonds is 3. The lowest BCUT2D eigenvalue weighted by atomic mass is 10.2. The van der Waals surface area contributed by atoms with Crippen LogP contribution < -0.4 is 5.32 Å². The Kier molecular flexibility index (Phi) is 4.83. The molecule has 1 aromatic rings. The van der Waals surface area contributed by atoms with E-state index in [1.54, 1.807) is 0 Å². The van der Waals surface area contributed by atoms with Crippen LogP contribution in [-0.4, -0.2) is 40.7 Å². The van der Waals surface area contributed by atoms with Crippen molar-refractivity contribution in [2.45, 2.75) is 51.8 Å². The molecule has 0 aromatic carbocycles. The second kappa shape index (κ2) is 6.43. The molecule has 1 saturated heterocycles. The molecule has 1 fully saturated rings. The first-order valence-corrected chi connectivity index (χ1v) is 7.49. The molecule has 5 heteroatoms. The molecule has 1 amide bonds. The van der Waals surface area contributed by atoms with Crippen molar-refractivity contribution in [2.75, 3.05) is 13.1 Å². The minimum atomic E-state index is -0.455.